The van der Waals surface area contributed by atoms with Crippen LogP contribution in [0.25, 0.3) is 0 Å². The molecule has 0 fully saturated rings. The summed E-state index contributed by atoms with van der Waals surface area (Å²) in [6, 6.07) is 17.4. The first-order valence-electron chi connectivity index (χ1n) is 8.21. The number of benzene rings is 2. The Bertz CT molecular complexity index is 679. The molecule has 2 aromatic carbocycles. The summed E-state index contributed by atoms with van der Waals surface area (Å²) in [5, 5.41) is 5.30. The van der Waals surface area contributed by atoms with Gasteiger partial charge in [-0.3, -0.25) is 9.59 Å². The highest BCUT2D eigenvalue weighted by Crippen LogP contribution is 2.17. The molecule has 2 N–H and O–H groups in total. The molecule has 0 aliphatic rings. The van der Waals surface area contributed by atoms with Gasteiger partial charge in [-0.25, -0.2) is 0 Å². The Morgan fingerprint density at radius 1 is 0.833 bits per heavy atom. The maximum atomic E-state index is 12.0. The molecule has 1 atom stereocenters. The Hall–Kier alpha value is -2.62. The van der Waals surface area contributed by atoms with E-state index in [4.69, 9.17) is 0 Å². The van der Waals surface area contributed by atoms with Gasteiger partial charge >= 0.3 is 11.8 Å². The largest absolute Gasteiger partial charge is 0.347 e. The second-order valence-corrected chi connectivity index (χ2v) is 6.25. The van der Waals surface area contributed by atoms with Crippen LogP contribution in [0.15, 0.2) is 54.6 Å². The molecule has 0 bridgehead atoms. The van der Waals surface area contributed by atoms with Crippen molar-refractivity contribution in [3.8, 4) is 0 Å². The number of carbonyl (C=O) groups excluding carboxylic acids is 2. The second kappa shape index (κ2) is 8.29. The Morgan fingerprint density at radius 3 is 2.04 bits per heavy atom. The first kappa shape index (κ1) is 17.7. The van der Waals surface area contributed by atoms with Crippen LogP contribution in [0.4, 0.5) is 5.69 Å². The van der Waals surface area contributed by atoms with Gasteiger partial charge in [0.15, 0.2) is 0 Å². The molecule has 0 radical (unpaired) electrons. The lowest BCUT2D eigenvalue weighted by Gasteiger charge is -2.13. The third kappa shape index (κ3) is 4.95. The number of hydrogen-bond donors (Lipinski definition) is 2. The molecule has 0 aliphatic heterocycles. The van der Waals surface area contributed by atoms with Crippen LogP contribution in [0.2, 0.25) is 0 Å². The van der Waals surface area contributed by atoms with Crippen molar-refractivity contribution in [1.82, 2.24) is 5.32 Å². The summed E-state index contributed by atoms with van der Waals surface area (Å²) in [5.74, 6) is -0.691. The highest BCUT2D eigenvalue weighted by atomic mass is 16.2. The molecule has 4 heteroatoms. The highest BCUT2D eigenvalue weighted by molar-refractivity contribution is 6.39. The highest BCUT2D eigenvalue weighted by Gasteiger charge is 2.15. The van der Waals surface area contributed by atoms with Crippen LogP contribution >= 0.6 is 0 Å². The first-order valence-corrected chi connectivity index (χ1v) is 8.21. The normalized spacial score (nSPS) is 11.8. The molecule has 0 aliphatic carbocycles. The van der Waals surface area contributed by atoms with Gasteiger partial charge in [0, 0.05) is 12.2 Å². The lowest BCUT2D eigenvalue weighted by Crippen LogP contribution is -2.37. The zero-order chi connectivity index (χ0) is 17.5. The summed E-state index contributed by atoms with van der Waals surface area (Å²) >= 11 is 0. The average Bonchev–Trinajstić information content (AvgIpc) is 2.60. The molecule has 0 spiro atoms. The van der Waals surface area contributed by atoms with Crippen molar-refractivity contribution in [3.63, 3.8) is 0 Å². The van der Waals surface area contributed by atoms with Gasteiger partial charge in [0.2, 0.25) is 0 Å². The van der Waals surface area contributed by atoms with Crippen molar-refractivity contribution >= 4 is 17.5 Å². The Labute approximate surface area is 143 Å². The van der Waals surface area contributed by atoms with Crippen LogP contribution in [0.3, 0.4) is 0 Å². The van der Waals surface area contributed by atoms with E-state index in [1.54, 1.807) is 0 Å². The minimum absolute atomic E-state index is 0.147. The summed E-state index contributed by atoms with van der Waals surface area (Å²) in [6.45, 7) is 6.64. The molecule has 126 valence electrons. The van der Waals surface area contributed by atoms with Crippen LogP contribution in [0.5, 0.6) is 0 Å². The quantitative estimate of drug-likeness (QED) is 0.825. The van der Waals surface area contributed by atoms with Crippen LogP contribution in [0.1, 0.15) is 43.7 Å². The van der Waals surface area contributed by atoms with Crippen molar-refractivity contribution in [2.24, 2.45) is 0 Å². The van der Waals surface area contributed by atoms with Crippen molar-refractivity contribution in [1.29, 1.82) is 0 Å². The van der Waals surface area contributed by atoms with E-state index in [0.29, 0.717) is 18.2 Å². The minimum atomic E-state index is -0.646. The van der Waals surface area contributed by atoms with E-state index in [0.717, 1.165) is 5.56 Å². The number of rotatable bonds is 5. The van der Waals surface area contributed by atoms with Crippen molar-refractivity contribution in [2.75, 3.05) is 11.9 Å². The molecule has 0 saturated carbocycles. The summed E-state index contributed by atoms with van der Waals surface area (Å²) in [5.41, 5.74) is 2.94. The van der Waals surface area contributed by atoms with E-state index in [1.807, 2.05) is 61.5 Å². The smallest absolute Gasteiger partial charge is 0.313 e. The number of nitrogens with one attached hydrogen (secondary N) is 2. The predicted octanol–water partition coefficient (Wildman–Crippen LogP) is 3.67. The van der Waals surface area contributed by atoms with E-state index in [9.17, 15) is 9.59 Å². The van der Waals surface area contributed by atoms with Crippen LogP contribution < -0.4 is 10.6 Å². The predicted molar refractivity (Wildman–Crippen MR) is 97.0 cm³/mol. The lowest BCUT2D eigenvalue weighted by atomic mass is 10.0. The molecule has 0 aromatic heterocycles. The molecule has 24 heavy (non-hydrogen) atoms. The molecule has 2 aromatic rings. The summed E-state index contributed by atoms with van der Waals surface area (Å²) in [7, 11) is 0. The Kier molecular flexibility index (Phi) is 6.13. The SMILES string of the molecule is CC(C)c1ccc(NC(=O)C(=O)NC[C@H](C)c2ccccc2)cc1. The summed E-state index contributed by atoms with van der Waals surface area (Å²) < 4.78 is 0. The summed E-state index contributed by atoms with van der Waals surface area (Å²) in [6.07, 6.45) is 0. The van der Waals surface area contributed by atoms with Gasteiger partial charge in [-0.05, 0) is 35.1 Å². The van der Waals surface area contributed by atoms with Gasteiger partial charge in [-0.2, -0.15) is 0 Å². The van der Waals surface area contributed by atoms with Gasteiger partial charge in [0.1, 0.15) is 0 Å². The molecular formula is C20H24N2O2. The van der Waals surface area contributed by atoms with Crippen molar-refractivity contribution in [3.05, 3.63) is 65.7 Å². The Balaban J connectivity index is 1.85. The topological polar surface area (TPSA) is 58.2 Å². The fourth-order valence-electron chi connectivity index (χ4n) is 2.36. The third-order valence-electron chi connectivity index (χ3n) is 3.98. The van der Waals surface area contributed by atoms with Crippen LogP contribution in [0, 0.1) is 0 Å². The number of hydrogen-bond acceptors (Lipinski definition) is 2. The maximum Gasteiger partial charge on any atom is 0.313 e. The molecule has 4 nitrogen and oxygen atoms in total. The molecule has 2 rings (SSSR count). The van der Waals surface area contributed by atoms with Crippen LogP contribution in [-0.4, -0.2) is 18.4 Å². The fraction of sp³-hybridized carbons (Fsp3) is 0.300. The lowest BCUT2D eigenvalue weighted by molar-refractivity contribution is -0.136. The van der Waals surface area contributed by atoms with Gasteiger partial charge < -0.3 is 10.6 Å². The number of amides is 2. The molecular weight excluding hydrogens is 300 g/mol. The molecule has 0 unspecified atom stereocenters. The summed E-state index contributed by atoms with van der Waals surface area (Å²) in [4.78, 5) is 23.9. The van der Waals surface area contributed by atoms with Gasteiger partial charge in [-0.1, -0.05) is 63.2 Å². The van der Waals surface area contributed by atoms with Crippen LogP contribution in [-0.2, 0) is 9.59 Å². The zero-order valence-electron chi connectivity index (χ0n) is 14.4. The molecule has 0 saturated heterocycles. The maximum absolute atomic E-state index is 12.0. The number of anilines is 1. The van der Waals surface area contributed by atoms with Crippen molar-refractivity contribution in [2.45, 2.75) is 32.6 Å². The standard InChI is InChI=1S/C20H24N2O2/c1-14(2)16-9-11-18(12-10-16)22-20(24)19(23)21-13-15(3)17-7-5-4-6-8-17/h4-12,14-15H,13H2,1-3H3,(H,21,23)(H,22,24)/t15-/m0/s1. The van der Waals surface area contributed by atoms with Gasteiger partial charge in [0.05, 0.1) is 0 Å². The van der Waals surface area contributed by atoms with Crippen molar-refractivity contribution < 1.29 is 9.59 Å². The van der Waals surface area contributed by atoms with E-state index in [1.165, 1.54) is 5.56 Å². The van der Waals surface area contributed by atoms with E-state index in [2.05, 4.69) is 24.5 Å². The van der Waals surface area contributed by atoms with E-state index in [-0.39, 0.29) is 5.92 Å². The Morgan fingerprint density at radius 2 is 1.46 bits per heavy atom. The zero-order valence-corrected chi connectivity index (χ0v) is 14.4. The van der Waals surface area contributed by atoms with E-state index < -0.39 is 11.8 Å². The minimum Gasteiger partial charge on any atom is -0.347 e. The molecule has 2 amide bonds. The van der Waals surface area contributed by atoms with E-state index >= 15 is 0 Å². The first-order chi connectivity index (χ1) is 11.5. The second-order valence-electron chi connectivity index (χ2n) is 6.25. The number of carbonyl (C=O) groups is 2. The van der Waals surface area contributed by atoms with Gasteiger partial charge in [-0.15, -0.1) is 0 Å². The van der Waals surface area contributed by atoms with Gasteiger partial charge in [0.25, 0.3) is 0 Å². The monoisotopic (exact) mass is 324 g/mol. The average molecular weight is 324 g/mol. The fourth-order valence-corrected chi connectivity index (χ4v) is 2.36. The third-order valence-corrected chi connectivity index (χ3v) is 3.98. The molecule has 0 heterocycles.